The maximum atomic E-state index is 12.5. The van der Waals surface area contributed by atoms with Crippen LogP contribution in [0.2, 0.25) is 0 Å². The summed E-state index contributed by atoms with van der Waals surface area (Å²) < 4.78 is 0. The number of ketones is 2. The maximum absolute atomic E-state index is 12.5. The summed E-state index contributed by atoms with van der Waals surface area (Å²) in [6.07, 6.45) is 18.1. The molecule has 0 spiro atoms. The van der Waals surface area contributed by atoms with Crippen molar-refractivity contribution < 1.29 is 9.59 Å². The summed E-state index contributed by atoms with van der Waals surface area (Å²) >= 11 is 0. The summed E-state index contributed by atoms with van der Waals surface area (Å²) in [7, 11) is 0. The van der Waals surface area contributed by atoms with Gasteiger partial charge in [0.05, 0.1) is 11.1 Å². The lowest BCUT2D eigenvalue weighted by atomic mass is 9.83. The van der Waals surface area contributed by atoms with Crippen LogP contribution < -0.4 is 10.6 Å². The Balaban J connectivity index is 0. The minimum Gasteiger partial charge on any atom is -0.303 e. The van der Waals surface area contributed by atoms with Gasteiger partial charge in [0.1, 0.15) is 0 Å². The van der Waals surface area contributed by atoms with Gasteiger partial charge in [-0.25, -0.2) is 0 Å². The molecule has 0 radical (unpaired) electrons. The van der Waals surface area contributed by atoms with Gasteiger partial charge in [0, 0.05) is 23.9 Å². The van der Waals surface area contributed by atoms with Crippen LogP contribution >= 0.6 is 0 Å². The van der Waals surface area contributed by atoms with Crippen molar-refractivity contribution in [3.63, 3.8) is 0 Å². The van der Waals surface area contributed by atoms with Gasteiger partial charge in [-0.15, -0.1) is 6.58 Å². The number of Topliss-reactive ketones (excluding diaryl/α,β-unsaturated/α-hetero) is 2. The Kier molecular flexibility index (Phi) is 22.8. The van der Waals surface area contributed by atoms with E-state index in [1.54, 1.807) is 0 Å². The number of allylic oxidation sites excluding steroid dienone is 3. The Hall–Kier alpha value is -1.26. The molecule has 2 N–H and O–H groups in total. The second-order valence-electron chi connectivity index (χ2n) is 13.8. The molecule has 0 saturated carbocycles. The Morgan fingerprint density at radius 3 is 1.27 bits per heavy atom. The fraction of sp³-hybridized carbons (Fsp3) is 0.833. The second kappa shape index (κ2) is 22.4. The van der Waals surface area contributed by atoms with E-state index in [1.165, 1.54) is 50.5 Å². The van der Waals surface area contributed by atoms with Crippen molar-refractivity contribution in [1.29, 1.82) is 0 Å². The van der Waals surface area contributed by atoms with Crippen molar-refractivity contribution >= 4 is 11.6 Å². The first-order valence-electron chi connectivity index (χ1n) is 16.4. The quantitative estimate of drug-likeness (QED) is 0.102. The first kappa shape index (κ1) is 40.9. The smallest absolute Gasteiger partial charge is 0.155 e. The highest BCUT2D eigenvalue weighted by Crippen LogP contribution is 2.23. The molecular weight excluding hydrogens is 492 g/mol. The van der Waals surface area contributed by atoms with Crippen molar-refractivity contribution in [1.82, 2.24) is 10.6 Å². The lowest BCUT2D eigenvalue weighted by Crippen LogP contribution is -2.53. The van der Waals surface area contributed by atoms with E-state index in [4.69, 9.17) is 0 Å². The molecule has 0 saturated heterocycles. The molecule has 0 aromatic carbocycles. The molecule has 4 nitrogen and oxygen atoms in total. The minimum absolute atomic E-state index is 0.0945. The third kappa shape index (κ3) is 19.8. The van der Waals surface area contributed by atoms with E-state index in [1.807, 2.05) is 33.8 Å². The minimum atomic E-state index is -0.360. The lowest BCUT2D eigenvalue weighted by Gasteiger charge is -2.33. The third-order valence-corrected chi connectivity index (χ3v) is 7.37. The molecule has 236 valence electrons. The Morgan fingerprint density at radius 1 is 0.625 bits per heavy atom. The van der Waals surface area contributed by atoms with Gasteiger partial charge >= 0.3 is 0 Å². The van der Waals surface area contributed by atoms with E-state index < -0.39 is 0 Å². The molecule has 0 aromatic heterocycles. The molecule has 0 aliphatic carbocycles. The topological polar surface area (TPSA) is 58.2 Å². The highest BCUT2D eigenvalue weighted by Gasteiger charge is 2.35. The predicted molar refractivity (Wildman–Crippen MR) is 178 cm³/mol. The predicted octanol–water partition coefficient (Wildman–Crippen LogP) is 9.77. The summed E-state index contributed by atoms with van der Waals surface area (Å²) in [5.74, 6) is 0.879. The van der Waals surface area contributed by atoms with Crippen LogP contribution in [0.3, 0.4) is 0 Å². The largest absolute Gasteiger partial charge is 0.303 e. The number of carbonyl (C=O) groups is 2. The Labute approximate surface area is 251 Å². The first-order valence-corrected chi connectivity index (χ1v) is 16.4. The van der Waals surface area contributed by atoms with Gasteiger partial charge in [-0.1, -0.05) is 83.9 Å². The van der Waals surface area contributed by atoms with Crippen LogP contribution in [-0.4, -0.2) is 34.7 Å². The number of hydrogen-bond donors (Lipinski definition) is 2. The van der Waals surface area contributed by atoms with Crippen LogP contribution in [0.1, 0.15) is 160 Å². The summed E-state index contributed by atoms with van der Waals surface area (Å²) in [6, 6.07) is 0.684. The van der Waals surface area contributed by atoms with E-state index >= 15 is 0 Å². The standard InChI is InChI=1S/C19H37NO.C17H33NO/c1-15(2)13-11-9-8-10-12-14-19(7,20-17(5)6)18(21)16(3)4;1-7-8-9-10-11-12-13-17(6,18-15(4)5)16(19)14(2)3/h13,16-17,20H,8-12,14H2,1-7H3;7,14-15,18H,1,8-13H2,2-6H3/t19-;17-/m00/s1. The van der Waals surface area contributed by atoms with E-state index in [0.717, 1.165) is 32.1 Å². The van der Waals surface area contributed by atoms with Gasteiger partial charge in [0.2, 0.25) is 0 Å². The molecule has 0 aromatic rings. The molecule has 4 heteroatoms. The van der Waals surface area contributed by atoms with E-state index in [9.17, 15) is 9.59 Å². The molecule has 40 heavy (non-hydrogen) atoms. The normalized spacial score (nSPS) is 14.5. The Bertz CT molecular complexity index is 718. The zero-order valence-electron chi connectivity index (χ0n) is 29.0. The molecule has 0 bridgehead atoms. The van der Waals surface area contributed by atoms with Gasteiger partial charge in [-0.3, -0.25) is 9.59 Å². The zero-order chi connectivity index (χ0) is 31.4. The SMILES string of the molecule is C=CCCCCCC[C@](C)(NC(C)C)C(=O)C(C)C.CC(C)=CCCCCCC[C@](C)(NC(C)C)C(=O)C(C)C. The van der Waals surface area contributed by atoms with Gasteiger partial charge in [-0.2, -0.15) is 0 Å². The van der Waals surface area contributed by atoms with Crippen LogP contribution in [0, 0.1) is 11.8 Å². The first-order chi connectivity index (χ1) is 18.5. The number of carbonyl (C=O) groups excluding carboxylic acids is 2. The Morgan fingerprint density at radius 2 is 0.975 bits per heavy atom. The molecule has 0 unspecified atom stereocenters. The average Bonchev–Trinajstić information content (AvgIpc) is 2.83. The highest BCUT2D eigenvalue weighted by atomic mass is 16.1. The summed E-state index contributed by atoms with van der Waals surface area (Å²) in [5, 5.41) is 6.97. The second-order valence-corrected chi connectivity index (χ2v) is 13.8. The van der Waals surface area contributed by atoms with E-state index in [0.29, 0.717) is 23.7 Å². The fourth-order valence-electron chi connectivity index (χ4n) is 5.57. The number of nitrogens with one attached hydrogen (secondary N) is 2. The van der Waals surface area contributed by atoms with Crippen molar-refractivity contribution in [2.45, 2.75) is 183 Å². The maximum Gasteiger partial charge on any atom is 0.155 e. The summed E-state index contributed by atoms with van der Waals surface area (Å²) in [5.41, 5.74) is 0.689. The molecular formula is C36H70N2O2. The van der Waals surface area contributed by atoms with Crippen LogP contribution in [-0.2, 0) is 9.59 Å². The lowest BCUT2D eigenvalue weighted by molar-refractivity contribution is -0.129. The number of hydrogen-bond acceptors (Lipinski definition) is 4. The highest BCUT2D eigenvalue weighted by molar-refractivity contribution is 5.90. The van der Waals surface area contributed by atoms with Crippen LogP contribution in [0.4, 0.5) is 0 Å². The van der Waals surface area contributed by atoms with Crippen LogP contribution in [0.25, 0.3) is 0 Å². The summed E-state index contributed by atoms with van der Waals surface area (Å²) in [6.45, 7) is 28.6. The molecule has 0 aliphatic heterocycles. The van der Waals surface area contributed by atoms with Crippen molar-refractivity contribution in [3.05, 3.63) is 24.3 Å². The van der Waals surface area contributed by atoms with Crippen molar-refractivity contribution in [3.8, 4) is 0 Å². The van der Waals surface area contributed by atoms with Gasteiger partial charge < -0.3 is 10.6 Å². The third-order valence-electron chi connectivity index (χ3n) is 7.37. The van der Waals surface area contributed by atoms with Gasteiger partial charge in [-0.05, 0) is 93.9 Å². The van der Waals surface area contributed by atoms with E-state index in [2.05, 4.69) is 78.7 Å². The molecule has 0 heterocycles. The van der Waals surface area contributed by atoms with Gasteiger partial charge in [0.15, 0.2) is 11.6 Å². The zero-order valence-corrected chi connectivity index (χ0v) is 29.0. The molecule has 0 amide bonds. The van der Waals surface area contributed by atoms with E-state index in [-0.39, 0.29) is 22.9 Å². The number of rotatable bonds is 22. The van der Waals surface area contributed by atoms with Crippen LogP contribution in [0.15, 0.2) is 24.3 Å². The monoisotopic (exact) mass is 563 g/mol. The average molecular weight is 563 g/mol. The van der Waals surface area contributed by atoms with Crippen LogP contribution in [0.5, 0.6) is 0 Å². The van der Waals surface area contributed by atoms with Crippen molar-refractivity contribution in [2.75, 3.05) is 0 Å². The number of unbranched alkanes of at least 4 members (excludes halogenated alkanes) is 8. The summed E-state index contributed by atoms with van der Waals surface area (Å²) in [4.78, 5) is 24.9. The van der Waals surface area contributed by atoms with Crippen molar-refractivity contribution in [2.24, 2.45) is 11.8 Å². The molecule has 0 fully saturated rings. The fourth-order valence-corrected chi connectivity index (χ4v) is 5.57. The molecule has 2 atom stereocenters. The molecule has 0 aliphatic rings. The molecule has 0 rings (SSSR count). The van der Waals surface area contributed by atoms with Gasteiger partial charge in [0.25, 0.3) is 0 Å².